The molecule has 134 valence electrons. The minimum atomic E-state index is -0.978. The molecule has 0 unspecified atom stereocenters. The molecule has 3 aromatic rings. The van der Waals surface area contributed by atoms with Crippen molar-refractivity contribution in [3.8, 4) is 0 Å². The van der Waals surface area contributed by atoms with Gasteiger partial charge in [0, 0.05) is 0 Å². The van der Waals surface area contributed by atoms with Gasteiger partial charge in [-0.15, -0.1) is 0 Å². The van der Waals surface area contributed by atoms with E-state index in [1.807, 2.05) is 60.7 Å². The fourth-order valence-electron chi connectivity index (χ4n) is 3.71. The molecule has 0 aliphatic heterocycles. The SMILES string of the molecule is CC[C@@](C)(CCC(O)(c1ccccc1)c1ccccc1)c1ccccc1. The largest absolute Gasteiger partial charge is 0.380 e. The fraction of sp³-hybridized carbons (Fsp3) is 0.280. The van der Waals surface area contributed by atoms with Gasteiger partial charge in [-0.2, -0.15) is 0 Å². The lowest BCUT2D eigenvalue weighted by Gasteiger charge is -2.35. The van der Waals surface area contributed by atoms with E-state index in [0.29, 0.717) is 6.42 Å². The molecule has 1 N–H and O–H groups in total. The summed E-state index contributed by atoms with van der Waals surface area (Å²) in [6, 6.07) is 30.8. The minimum Gasteiger partial charge on any atom is -0.380 e. The molecule has 0 heterocycles. The van der Waals surface area contributed by atoms with Gasteiger partial charge in [-0.1, -0.05) is 105 Å². The summed E-state index contributed by atoms with van der Waals surface area (Å²) in [6.07, 6.45) is 2.63. The van der Waals surface area contributed by atoms with E-state index in [1.54, 1.807) is 0 Å². The van der Waals surface area contributed by atoms with Crippen molar-refractivity contribution in [3.63, 3.8) is 0 Å². The normalized spacial score (nSPS) is 14.0. The van der Waals surface area contributed by atoms with Crippen molar-refractivity contribution < 1.29 is 5.11 Å². The van der Waals surface area contributed by atoms with E-state index >= 15 is 0 Å². The van der Waals surface area contributed by atoms with E-state index in [1.165, 1.54) is 5.56 Å². The predicted molar refractivity (Wildman–Crippen MR) is 109 cm³/mol. The minimum absolute atomic E-state index is 0.0405. The molecular formula is C25H28O. The molecule has 1 atom stereocenters. The van der Waals surface area contributed by atoms with Gasteiger partial charge < -0.3 is 5.11 Å². The Hall–Kier alpha value is -2.38. The van der Waals surface area contributed by atoms with Gasteiger partial charge in [0.2, 0.25) is 0 Å². The highest BCUT2D eigenvalue weighted by atomic mass is 16.3. The van der Waals surface area contributed by atoms with E-state index in [9.17, 15) is 5.11 Å². The van der Waals surface area contributed by atoms with Crippen LogP contribution in [-0.4, -0.2) is 5.11 Å². The maximum absolute atomic E-state index is 11.8. The summed E-state index contributed by atoms with van der Waals surface area (Å²) in [6.45, 7) is 4.54. The molecule has 0 fully saturated rings. The van der Waals surface area contributed by atoms with Crippen molar-refractivity contribution in [1.82, 2.24) is 0 Å². The lowest BCUT2D eigenvalue weighted by molar-refractivity contribution is 0.0610. The molecule has 0 aliphatic rings. The molecule has 1 nitrogen and oxygen atoms in total. The van der Waals surface area contributed by atoms with Gasteiger partial charge in [0.15, 0.2) is 0 Å². The van der Waals surface area contributed by atoms with E-state index < -0.39 is 5.60 Å². The monoisotopic (exact) mass is 344 g/mol. The maximum Gasteiger partial charge on any atom is 0.115 e. The second-order valence-corrected chi connectivity index (χ2v) is 7.37. The Labute approximate surface area is 157 Å². The molecule has 0 radical (unpaired) electrons. The summed E-state index contributed by atoms with van der Waals surface area (Å²) >= 11 is 0. The Kier molecular flexibility index (Phi) is 5.58. The van der Waals surface area contributed by atoms with E-state index in [2.05, 4.69) is 44.2 Å². The van der Waals surface area contributed by atoms with E-state index in [-0.39, 0.29) is 5.41 Å². The Morgan fingerprint density at radius 1 is 0.615 bits per heavy atom. The second kappa shape index (κ2) is 7.88. The first-order chi connectivity index (χ1) is 12.6. The Morgan fingerprint density at radius 2 is 1.00 bits per heavy atom. The summed E-state index contributed by atoms with van der Waals surface area (Å²) in [5, 5.41) is 11.8. The van der Waals surface area contributed by atoms with Crippen LogP contribution in [0, 0.1) is 0 Å². The molecule has 0 spiro atoms. The van der Waals surface area contributed by atoms with Gasteiger partial charge in [0.25, 0.3) is 0 Å². The van der Waals surface area contributed by atoms with Crippen LogP contribution in [0.3, 0.4) is 0 Å². The van der Waals surface area contributed by atoms with Gasteiger partial charge in [-0.25, -0.2) is 0 Å². The van der Waals surface area contributed by atoms with Crippen molar-refractivity contribution in [1.29, 1.82) is 0 Å². The van der Waals surface area contributed by atoms with Crippen molar-refractivity contribution in [2.24, 2.45) is 0 Å². The third kappa shape index (κ3) is 3.73. The average molecular weight is 344 g/mol. The van der Waals surface area contributed by atoms with Crippen LogP contribution in [-0.2, 0) is 11.0 Å². The number of rotatable bonds is 7. The van der Waals surface area contributed by atoms with Gasteiger partial charge in [0.05, 0.1) is 0 Å². The number of aliphatic hydroxyl groups is 1. The van der Waals surface area contributed by atoms with E-state index in [0.717, 1.165) is 24.0 Å². The number of hydrogen-bond acceptors (Lipinski definition) is 1. The first-order valence-electron chi connectivity index (χ1n) is 9.47. The predicted octanol–water partition coefficient (Wildman–Crippen LogP) is 6.07. The number of benzene rings is 3. The Balaban J connectivity index is 1.94. The second-order valence-electron chi connectivity index (χ2n) is 7.37. The fourth-order valence-corrected chi connectivity index (χ4v) is 3.71. The van der Waals surface area contributed by atoms with E-state index in [4.69, 9.17) is 0 Å². The summed E-state index contributed by atoms with van der Waals surface area (Å²) in [5.41, 5.74) is 2.31. The Bertz CT molecular complexity index is 756. The lowest BCUT2D eigenvalue weighted by atomic mass is 9.72. The highest BCUT2D eigenvalue weighted by Gasteiger charge is 2.35. The first kappa shape index (κ1) is 18.4. The summed E-state index contributed by atoms with van der Waals surface area (Å²) in [4.78, 5) is 0. The van der Waals surface area contributed by atoms with Crippen LogP contribution in [0.2, 0.25) is 0 Å². The molecular weight excluding hydrogens is 316 g/mol. The van der Waals surface area contributed by atoms with Crippen LogP contribution in [0.15, 0.2) is 91.0 Å². The smallest absolute Gasteiger partial charge is 0.115 e. The molecule has 3 rings (SSSR count). The summed E-state index contributed by atoms with van der Waals surface area (Å²) < 4.78 is 0. The molecule has 0 saturated carbocycles. The summed E-state index contributed by atoms with van der Waals surface area (Å²) in [5.74, 6) is 0. The van der Waals surface area contributed by atoms with Crippen molar-refractivity contribution >= 4 is 0 Å². The molecule has 0 saturated heterocycles. The quantitative estimate of drug-likeness (QED) is 0.551. The Morgan fingerprint density at radius 3 is 1.38 bits per heavy atom. The zero-order valence-electron chi connectivity index (χ0n) is 15.7. The average Bonchev–Trinajstić information content (AvgIpc) is 2.73. The lowest BCUT2D eigenvalue weighted by Crippen LogP contribution is -2.31. The molecule has 1 heteroatoms. The van der Waals surface area contributed by atoms with Crippen molar-refractivity contribution in [3.05, 3.63) is 108 Å². The third-order valence-electron chi connectivity index (χ3n) is 5.79. The molecule has 0 aromatic heterocycles. The first-order valence-corrected chi connectivity index (χ1v) is 9.47. The van der Waals surface area contributed by atoms with Gasteiger partial charge in [0.1, 0.15) is 5.60 Å². The van der Waals surface area contributed by atoms with Gasteiger partial charge in [-0.3, -0.25) is 0 Å². The van der Waals surface area contributed by atoms with Crippen molar-refractivity contribution in [2.45, 2.75) is 44.1 Å². The third-order valence-corrected chi connectivity index (χ3v) is 5.79. The van der Waals surface area contributed by atoms with Gasteiger partial charge in [-0.05, 0) is 41.4 Å². The van der Waals surface area contributed by atoms with Crippen LogP contribution < -0.4 is 0 Å². The molecule has 0 bridgehead atoms. The van der Waals surface area contributed by atoms with Crippen LogP contribution in [0.25, 0.3) is 0 Å². The number of hydrogen-bond donors (Lipinski definition) is 1. The van der Waals surface area contributed by atoms with Crippen LogP contribution in [0.1, 0.15) is 49.8 Å². The maximum atomic E-state index is 11.8. The van der Waals surface area contributed by atoms with Gasteiger partial charge >= 0.3 is 0 Å². The van der Waals surface area contributed by atoms with Crippen LogP contribution in [0.4, 0.5) is 0 Å². The summed E-state index contributed by atoms with van der Waals surface area (Å²) in [7, 11) is 0. The molecule has 0 aliphatic carbocycles. The zero-order chi connectivity index (χ0) is 18.5. The molecule has 3 aromatic carbocycles. The molecule has 26 heavy (non-hydrogen) atoms. The van der Waals surface area contributed by atoms with Crippen LogP contribution >= 0.6 is 0 Å². The van der Waals surface area contributed by atoms with Crippen LogP contribution in [0.5, 0.6) is 0 Å². The highest BCUT2D eigenvalue weighted by Crippen LogP contribution is 2.40. The van der Waals surface area contributed by atoms with Crippen molar-refractivity contribution in [2.75, 3.05) is 0 Å². The highest BCUT2D eigenvalue weighted by molar-refractivity contribution is 5.36. The zero-order valence-corrected chi connectivity index (χ0v) is 15.7. The standard InChI is InChI=1S/C25H28O/c1-3-24(2,21-13-7-4-8-14-21)19-20-25(26,22-15-9-5-10-16-22)23-17-11-6-12-18-23/h4-18,26H,3,19-20H2,1-2H3/t24-/m0/s1. The molecule has 0 amide bonds. The topological polar surface area (TPSA) is 20.2 Å².